The van der Waals surface area contributed by atoms with E-state index in [9.17, 15) is 19.8 Å². The van der Waals surface area contributed by atoms with Crippen LogP contribution in [0.15, 0.2) is 0 Å². The fraction of sp³-hybridized carbons (Fsp3) is 0.667. The molecule has 0 heterocycles. The number of carboxylic acids is 2. The van der Waals surface area contributed by atoms with E-state index in [1.165, 1.54) is 0 Å². The first kappa shape index (κ1) is 13.1. The van der Waals surface area contributed by atoms with Gasteiger partial charge in [-0.25, -0.2) is 0 Å². The summed E-state index contributed by atoms with van der Waals surface area (Å²) < 4.78 is 0. The summed E-state index contributed by atoms with van der Waals surface area (Å²) in [4.78, 5) is 19.5. The van der Waals surface area contributed by atoms with Crippen LogP contribution >= 0.6 is 0 Å². The molecule has 0 aliphatic rings. The fourth-order valence-electron chi connectivity index (χ4n) is 0.539. The molecule has 0 amide bonds. The summed E-state index contributed by atoms with van der Waals surface area (Å²) in [5.41, 5.74) is 0. The Hall–Kier alpha value is -0.566. The SMILES string of the molecule is O=C([O-])CCCCC(=O)[O-].[Ni+2]. The number of carbonyl (C=O) groups is 2. The van der Waals surface area contributed by atoms with Gasteiger partial charge in [-0.2, -0.15) is 0 Å². The zero-order chi connectivity index (χ0) is 7.98. The molecule has 0 bridgehead atoms. The average Bonchev–Trinajstić information content (AvgIpc) is 1.79. The topological polar surface area (TPSA) is 80.3 Å². The van der Waals surface area contributed by atoms with Crippen LogP contribution in [0.3, 0.4) is 0 Å². The van der Waals surface area contributed by atoms with Gasteiger partial charge in [0.2, 0.25) is 0 Å². The van der Waals surface area contributed by atoms with Crippen molar-refractivity contribution in [3.05, 3.63) is 0 Å². The Morgan fingerprint density at radius 3 is 1.36 bits per heavy atom. The number of hydrogen-bond donors (Lipinski definition) is 0. The van der Waals surface area contributed by atoms with Crippen molar-refractivity contribution in [2.45, 2.75) is 25.7 Å². The van der Waals surface area contributed by atoms with Crippen molar-refractivity contribution in [2.75, 3.05) is 0 Å². The Bertz CT molecular complexity index is 119. The first-order valence-electron chi connectivity index (χ1n) is 3.02. The Kier molecular flexibility index (Phi) is 8.95. The molecule has 0 saturated carbocycles. The van der Waals surface area contributed by atoms with Gasteiger partial charge in [0, 0.05) is 11.9 Å². The second kappa shape index (κ2) is 7.54. The van der Waals surface area contributed by atoms with Gasteiger partial charge >= 0.3 is 16.5 Å². The van der Waals surface area contributed by atoms with Crippen LogP contribution in [0, 0.1) is 0 Å². The molecule has 0 unspecified atom stereocenters. The molecule has 0 saturated heterocycles. The maximum absolute atomic E-state index is 9.77. The third-order valence-corrected chi connectivity index (χ3v) is 1.01. The number of unbranched alkanes of at least 4 members (excludes halogenated alkanes) is 1. The number of hydrogen-bond acceptors (Lipinski definition) is 4. The van der Waals surface area contributed by atoms with Gasteiger partial charge in [-0.15, -0.1) is 0 Å². The largest absolute Gasteiger partial charge is 2.00 e. The Balaban J connectivity index is 0. The molecule has 0 aromatic heterocycles. The van der Waals surface area contributed by atoms with Crippen molar-refractivity contribution in [2.24, 2.45) is 0 Å². The molecule has 0 aromatic rings. The van der Waals surface area contributed by atoms with Crippen molar-refractivity contribution in [1.82, 2.24) is 0 Å². The molecule has 4 nitrogen and oxygen atoms in total. The van der Waals surface area contributed by atoms with E-state index in [1.807, 2.05) is 0 Å². The molecule has 0 N–H and O–H groups in total. The van der Waals surface area contributed by atoms with Crippen molar-refractivity contribution in [1.29, 1.82) is 0 Å². The molecular formula is C6H8NiO4. The van der Waals surface area contributed by atoms with E-state index in [-0.39, 0.29) is 29.3 Å². The van der Waals surface area contributed by atoms with Crippen LogP contribution in [0.25, 0.3) is 0 Å². The van der Waals surface area contributed by atoms with Crippen molar-refractivity contribution in [3.63, 3.8) is 0 Å². The summed E-state index contributed by atoms with van der Waals surface area (Å²) in [6.45, 7) is 0. The van der Waals surface area contributed by atoms with E-state index < -0.39 is 11.9 Å². The van der Waals surface area contributed by atoms with Gasteiger partial charge in [0.05, 0.1) is 0 Å². The maximum Gasteiger partial charge on any atom is 2.00 e. The molecule has 0 aliphatic carbocycles. The molecule has 0 atom stereocenters. The molecular weight excluding hydrogens is 195 g/mol. The minimum Gasteiger partial charge on any atom is -0.550 e. The number of rotatable bonds is 5. The first-order chi connectivity index (χ1) is 4.63. The minimum atomic E-state index is -1.14. The summed E-state index contributed by atoms with van der Waals surface area (Å²) in [6.07, 6.45) is 0.535. The van der Waals surface area contributed by atoms with Gasteiger partial charge in [0.25, 0.3) is 0 Å². The Labute approximate surface area is 74.5 Å². The molecule has 0 aliphatic heterocycles. The molecule has 0 aromatic carbocycles. The van der Waals surface area contributed by atoms with E-state index in [2.05, 4.69) is 0 Å². The fourth-order valence-corrected chi connectivity index (χ4v) is 0.539. The standard InChI is InChI=1S/C6H10O4.Ni/c7-5(8)3-1-2-4-6(9)10;/h1-4H2,(H,7,8)(H,9,10);/q;+2/p-2. The second-order valence-electron chi connectivity index (χ2n) is 1.95. The summed E-state index contributed by atoms with van der Waals surface area (Å²) >= 11 is 0. The normalized spacial score (nSPS) is 8.36. The average molecular weight is 203 g/mol. The van der Waals surface area contributed by atoms with Gasteiger partial charge in [-0.3, -0.25) is 0 Å². The van der Waals surface area contributed by atoms with E-state index in [4.69, 9.17) is 0 Å². The van der Waals surface area contributed by atoms with Crippen LogP contribution in [0.4, 0.5) is 0 Å². The van der Waals surface area contributed by atoms with Crippen LogP contribution in [-0.4, -0.2) is 11.9 Å². The zero-order valence-corrected chi connectivity index (χ0v) is 6.77. The number of carboxylic acid groups (broad SMARTS) is 2. The van der Waals surface area contributed by atoms with Crippen molar-refractivity contribution in [3.8, 4) is 0 Å². The molecule has 0 spiro atoms. The molecule has 11 heavy (non-hydrogen) atoms. The van der Waals surface area contributed by atoms with E-state index in [0.717, 1.165) is 0 Å². The second-order valence-corrected chi connectivity index (χ2v) is 1.95. The van der Waals surface area contributed by atoms with Crippen molar-refractivity contribution < 1.29 is 36.3 Å². The van der Waals surface area contributed by atoms with E-state index >= 15 is 0 Å². The summed E-state index contributed by atoms with van der Waals surface area (Å²) in [5.74, 6) is -2.28. The maximum atomic E-state index is 9.77. The van der Waals surface area contributed by atoms with Gasteiger partial charge in [-0.05, 0) is 25.7 Å². The van der Waals surface area contributed by atoms with E-state index in [1.54, 1.807) is 0 Å². The summed E-state index contributed by atoms with van der Waals surface area (Å²) in [5, 5.41) is 19.5. The predicted molar refractivity (Wildman–Crippen MR) is 28.5 cm³/mol. The van der Waals surface area contributed by atoms with Crippen molar-refractivity contribution >= 4 is 11.9 Å². The predicted octanol–water partition coefficient (Wildman–Crippen LogP) is -1.96. The Morgan fingerprint density at radius 1 is 0.909 bits per heavy atom. The first-order valence-corrected chi connectivity index (χ1v) is 3.02. The van der Waals surface area contributed by atoms with Crippen LogP contribution in [0.5, 0.6) is 0 Å². The summed E-state index contributed by atoms with van der Waals surface area (Å²) in [7, 11) is 0. The van der Waals surface area contributed by atoms with Gasteiger partial charge in [0.15, 0.2) is 0 Å². The van der Waals surface area contributed by atoms with Crippen LogP contribution in [0.1, 0.15) is 25.7 Å². The quantitative estimate of drug-likeness (QED) is 0.383. The smallest absolute Gasteiger partial charge is 0.550 e. The third kappa shape index (κ3) is 12.6. The number of aliphatic carboxylic acids is 2. The number of carbonyl (C=O) groups excluding carboxylic acids is 2. The third-order valence-electron chi connectivity index (χ3n) is 1.01. The Morgan fingerprint density at radius 2 is 1.18 bits per heavy atom. The van der Waals surface area contributed by atoms with Gasteiger partial charge in [-0.1, -0.05) is 0 Å². The monoisotopic (exact) mass is 202 g/mol. The molecule has 66 valence electrons. The molecule has 0 rings (SSSR count). The van der Waals surface area contributed by atoms with E-state index in [0.29, 0.717) is 12.8 Å². The molecule has 0 radical (unpaired) electrons. The minimum absolute atomic E-state index is 0. The zero-order valence-electron chi connectivity index (χ0n) is 5.78. The molecule has 0 fully saturated rings. The van der Waals surface area contributed by atoms with Gasteiger partial charge in [0.1, 0.15) is 0 Å². The summed E-state index contributed by atoms with van der Waals surface area (Å²) in [6, 6.07) is 0. The van der Waals surface area contributed by atoms with Crippen LogP contribution in [0.2, 0.25) is 0 Å². The van der Waals surface area contributed by atoms with Crippen LogP contribution in [-0.2, 0) is 26.1 Å². The van der Waals surface area contributed by atoms with Gasteiger partial charge < -0.3 is 19.8 Å². The molecule has 5 heteroatoms. The van der Waals surface area contributed by atoms with Crippen LogP contribution < -0.4 is 10.2 Å².